The van der Waals surface area contributed by atoms with Crippen LogP contribution in [0.2, 0.25) is 0 Å². The zero-order valence-electron chi connectivity index (χ0n) is 19.4. The number of allylic oxidation sites excluding steroid dienone is 2. The molecule has 1 aromatic rings. The monoisotopic (exact) mass is 460 g/mol. The predicted octanol–water partition coefficient (Wildman–Crippen LogP) is 3.23. The highest BCUT2D eigenvalue weighted by Gasteiger charge is 2.41. The molecule has 0 aromatic heterocycles. The topological polar surface area (TPSA) is 125 Å². The first-order valence-corrected chi connectivity index (χ1v) is 10.6. The third-order valence-corrected chi connectivity index (χ3v) is 5.16. The van der Waals surface area contributed by atoms with Gasteiger partial charge in [-0.05, 0) is 40.2 Å². The molecule has 0 spiro atoms. The molecule has 0 unspecified atom stereocenters. The molecule has 1 aliphatic rings. The third kappa shape index (κ3) is 5.57. The maximum Gasteiger partial charge on any atom is 0.336 e. The predicted molar refractivity (Wildman–Crippen MR) is 118 cm³/mol. The number of nitro benzene ring substituents is 1. The van der Waals surface area contributed by atoms with Gasteiger partial charge in [0.25, 0.3) is 5.69 Å². The van der Waals surface area contributed by atoms with Gasteiger partial charge in [0.15, 0.2) is 0 Å². The summed E-state index contributed by atoms with van der Waals surface area (Å²) in [6.45, 7) is 8.29. The van der Waals surface area contributed by atoms with Gasteiger partial charge in [-0.1, -0.05) is 12.1 Å². The van der Waals surface area contributed by atoms with E-state index < -0.39 is 28.7 Å². The second-order valence-electron chi connectivity index (χ2n) is 7.12. The summed E-state index contributed by atoms with van der Waals surface area (Å²) in [6.07, 6.45) is 0. The van der Waals surface area contributed by atoms with Crippen molar-refractivity contribution in [2.75, 3.05) is 26.4 Å². The van der Waals surface area contributed by atoms with E-state index in [-0.39, 0.29) is 43.2 Å². The fraction of sp³-hybridized carbons (Fsp3) is 0.435. The molecule has 0 atom stereocenters. The number of non-ortho nitro benzene ring substituents is 1. The Morgan fingerprint density at radius 1 is 0.939 bits per heavy atom. The van der Waals surface area contributed by atoms with Crippen molar-refractivity contribution in [3.05, 3.63) is 62.5 Å². The van der Waals surface area contributed by atoms with Gasteiger partial charge in [0.1, 0.15) is 6.54 Å². The quantitative estimate of drug-likeness (QED) is 0.236. The molecule has 0 radical (unpaired) electrons. The Balaban J connectivity index is 2.80. The van der Waals surface area contributed by atoms with E-state index in [2.05, 4.69) is 0 Å². The van der Waals surface area contributed by atoms with Crippen LogP contribution >= 0.6 is 0 Å². The molecule has 1 heterocycles. The highest BCUT2D eigenvalue weighted by molar-refractivity contribution is 6.00. The molecule has 2 rings (SSSR count). The Kier molecular flexibility index (Phi) is 8.72. The van der Waals surface area contributed by atoms with Crippen molar-refractivity contribution < 1.29 is 33.5 Å². The number of nitro groups is 1. The van der Waals surface area contributed by atoms with Crippen molar-refractivity contribution in [3.8, 4) is 0 Å². The molecule has 0 N–H and O–H groups in total. The summed E-state index contributed by atoms with van der Waals surface area (Å²) >= 11 is 0. The first kappa shape index (κ1) is 25.6. The molecule has 178 valence electrons. The Labute approximate surface area is 191 Å². The lowest BCUT2D eigenvalue weighted by atomic mass is 9.79. The zero-order valence-corrected chi connectivity index (χ0v) is 19.4. The normalized spacial score (nSPS) is 14.3. The van der Waals surface area contributed by atoms with E-state index in [1.165, 1.54) is 23.1 Å². The second-order valence-corrected chi connectivity index (χ2v) is 7.12. The lowest BCUT2D eigenvalue weighted by Crippen LogP contribution is -2.38. The fourth-order valence-corrected chi connectivity index (χ4v) is 3.78. The molecule has 0 aliphatic carbocycles. The van der Waals surface area contributed by atoms with E-state index in [1.807, 2.05) is 0 Å². The number of hydrogen-bond acceptors (Lipinski definition) is 9. The van der Waals surface area contributed by atoms with Crippen molar-refractivity contribution in [2.24, 2.45) is 0 Å². The average molecular weight is 460 g/mol. The Bertz CT molecular complexity index is 969. The lowest BCUT2D eigenvalue weighted by Gasteiger charge is -2.37. The van der Waals surface area contributed by atoms with E-state index in [0.717, 1.165) is 0 Å². The highest BCUT2D eigenvalue weighted by Crippen LogP contribution is 2.43. The number of hydrogen-bond donors (Lipinski definition) is 0. The maximum atomic E-state index is 13.1. The number of esters is 3. The summed E-state index contributed by atoms with van der Waals surface area (Å²) in [7, 11) is 0. The van der Waals surface area contributed by atoms with Crippen LogP contribution < -0.4 is 0 Å². The summed E-state index contributed by atoms with van der Waals surface area (Å²) in [4.78, 5) is 50.7. The van der Waals surface area contributed by atoms with Crippen LogP contribution in [0.15, 0.2) is 46.8 Å². The number of benzene rings is 1. The summed E-state index contributed by atoms with van der Waals surface area (Å²) in [5.41, 5.74) is 1.10. The molecular formula is C23H28N2O8. The summed E-state index contributed by atoms with van der Waals surface area (Å²) < 4.78 is 15.6. The lowest BCUT2D eigenvalue weighted by molar-refractivity contribution is -0.384. The smallest absolute Gasteiger partial charge is 0.336 e. The van der Waals surface area contributed by atoms with Gasteiger partial charge < -0.3 is 19.1 Å². The molecule has 0 saturated heterocycles. The van der Waals surface area contributed by atoms with Gasteiger partial charge in [0.2, 0.25) is 0 Å². The minimum absolute atomic E-state index is 0.0760. The van der Waals surface area contributed by atoms with Crippen LogP contribution in [0.3, 0.4) is 0 Å². The van der Waals surface area contributed by atoms with Crippen LogP contribution in [0.4, 0.5) is 5.69 Å². The summed E-state index contributed by atoms with van der Waals surface area (Å²) in [5.74, 6) is -2.93. The van der Waals surface area contributed by atoms with Crippen molar-refractivity contribution >= 4 is 23.6 Å². The Hall–Kier alpha value is -3.69. The van der Waals surface area contributed by atoms with Crippen LogP contribution in [0, 0.1) is 10.1 Å². The minimum atomic E-state index is -0.985. The fourth-order valence-electron chi connectivity index (χ4n) is 3.78. The average Bonchev–Trinajstić information content (AvgIpc) is 2.76. The SMILES string of the molecule is CCOC(=O)CN1C(C)=C(C(=O)OCC)C(c2cccc([N+](=O)[O-])c2)C(C(=O)OCC)=C1C. The standard InChI is InChI=1S/C23H28N2O8/c1-6-31-18(26)13-24-14(4)19(22(27)32-7-2)21(20(15(24)5)23(28)33-8-3)16-10-9-11-17(12-16)25(29)30/h9-12,21H,6-8,13H2,1-5H3. The van der Waals surface area contributed by atoms with E-state index >= 15 is 0 Å². The number of carbonyl (C=O) groups is 3. The van der Waals surface area contributed by atoms with Gasteiger partial charge in [-0.2, -0.15) is 0 Å². The molecule has 1 aliphatic heterocycles. The Morgan fingerprint density at radius 2 is 1.45 bits per heavy atom. The van der Waals surface area contributed by atoms with Crippen molar-refractivity contribution in [1.82, 2.24) is 4.90 Å². The molecule has 0 amide bonds. The van der Waals surface area contributed by atoms with Gasteiger partial charge in [-0.25, -0.2) is 9.59 Å². The van der Waals surface area contributed by atoms with Gasteiger partial charge in [0.05, 0.1) is 41.8 Å². The zero-order chi connectivity index (χ0) is 24.7. The van der Waals surface area contributed by atoms with Crippen molar-refractivity contribution in [2.45, 2.75) is 40.5 Å². The van der Waals surface area contributed by atoms with E-state index in [0.29, 0.717) is 17.0 Å². The molecule has 1 aromatic carbocycles. The third-order valence-electron chi connectivity index (χ3n) is 5.16. The first-order valence-electron chi connectivity index (χ1n) is 10.6. The van der Waals surface area contributed by atoms with Crippen LogP contribution in [-0.2, 0) is 28.6 Å². The van der Waals surface area contributed by atoms with Gasteiger partial charge in [-0.3, -0.25) is 14.9 Å². The van der Waals surface area contributed by atoms with Crippen LogP contribution in [0.5, 0.6) is 0 Å². The molecule has 33 heavy (non-hydrogen) atoms. The Morgan fingerprint density at radius 3 is 1.91 bits per heavy atom. The molecule has 10 nitrogen and oxygen atoms in total. The van der Waals surface area contributed by atoms with Crippen LogP contribution in [-0.4, -0.2) is 54.1 Å². The van der Waals surface area contributed by atoms with Crippen LogP contribution in [0.1, 0.15) is 46.1 Å². The van der Waals surface area contributed by atoms with E-state index in [1.54, 1.807) is 40.7 Å². The van der Waals surface area contributed by atoms with Crippen LogP contribution in [0.25, 0.3) is 0 Å². The molecular weight excluding hydrogens is 432 g/mol. The van der Waals surface area contributed by atoms with Crippen molar-refractivity contribution in [3.63, 3.8) is 0 Å². The van der Waals surface area contributed by atoms with E-state index in [9.17, 15) is 24.5 Å². The van der Waals surface area contributed by atoms with Gasteiger partial charge in [-0.15, -0.1) is 0 Å². The van der Waals surface area contributed by atoms with Gasteiger partial charge in [0, 0.05) is 23.5 Å². The molecule has 0 saturated carbocycles. The number of rotatable bonds is 9. The molecule has 10 heteroatoms. The number of ether oxygens (including phenoxy) is 3. The largest absolute Gasteiger partial charge is 0.465 e. The summed E-state index contributed by atoms with van der Waals surface area (Å²) in [6, 6.07) is 5.71. The van der Waals surface area contributed by atoms with E-state index in [4.69, 9.17) is 14.2 Å². The van der Waals surface area contributed by atoms with Gasteiger partial charge >= 0.3 is 17.9 Å². The second kappa shape index (κ2) is 11.3. The molecule has 0 bridgehead atoms. The highest BCUT2D eigenvalue weighted by atomic mass is 16.6. The van der Waals surface area contributed by atoms with Crippen molar-refractivity contribution in [1.29, 1.82) is 0 Å². The molecule has 0 fully saturated rings. The maximum absolute atomic E-state index is 13.1. The number of carbonyl (C=O) groups excluding carboxylic acids is 3. The summed E-state index contributed by atoms with van der Waals surface area (Å²) in [5, 5.41) is 11.4. The first-order chi connectivity index (χ1) is 15.7. The number of nitrogens with zero attached hydrogens (tertiary/aromatic N) is 2. The minimum Gasteiger partial charge on any atom is -0.465 e.